The summed E-state index contributed by atoms with van der Waals surface area (Å²) >= 11 is 0. The zero-order valence-electron chi connectivity index (χ0n) is 13.8. The van der Waals surface area contributed by atoms with Crippen LogP contribution in [0.15, 0.2) is 29.1 Å². The Morgan fingerprint density at radius 3 is 2.74 bits per heavy atom. The van der Waals surface area contributed by atoms with Crippen molar-refractivity contribution in [3.05, 3.63) is 45.9 Å². The van der Waals surface area contributed by atoms with Gasteiger partial charge in [0.15, 0.2) is 0 Å². The number of nitrogens with one attached hydrogen (secondary N) is 1. The molecule has 2 aromatic rings. The van der Waals surface area contributed by atoms with Crippen LogP contribution in [0.5, 0.6) is 0 Å². The summed E-state index contributed by atoms with van der Waals surface area (Å²) in [7, 11) is 0. The molecular formula is C19H22N2O2. The molecule has 0 aliphatic heterocycles. The van der Waals surface area contributed by atoms with E-state index in [0.717, 1.165) is 17.4 Å². The molecule has 0 radical (unpaired) electrons. The van der Waals surface area contributed by atoms with Crippen molar-refractivity contribution >= 4 is 16.7 Å². The van der Waals surface area contributed by atoms with Crippen molar-refractivity contribution < 1.29 is 4.79 Å². The summed E-state index contributed by atoms with van der Waals surface area (Å²) in [5.74, 6) is 2.51. The third kappa shape index (κ3) is 3.81. The third-order valence-corrected chi connectivity index (χ3v) is 3.78. The molecule has 4 heteroatoms. The Bertz CT molecular complexity index is 826. The first-order valence-electron chi connectivity index (χ1n) is 7.80. The van der Waals surface area contributed by atoms with E-state index in [1.165, 1.54) is 0 Å². The Morgan fingerprint density at radius 1 is 1.35 bits per heavy atom. The molecule has 4 nitrogen and oxygen atoms in total. The van der Waals surface area contributed by atoms with Crippen LogP contribution in [-0.4, -0.2) is 17.0 Å². The highest BCUT2D eigenvalue weighted by Gasteiger charge is 2.15. The lowest BCUT2D eigenvalue weighted by Gasteiger charge is -2.15. The number of hydrogen-bond acceptors (Lipinski definition) is 2. The van der Waals surface area contributed by atoms with Crippen LogP contribution < -0.4 is 10.9 Å². The van der Waals surface area contributed by atoms with E-state index in [1.807, 2.05) is 25.1 Å². The lowest BCUT2D eigenvalue weighted by molar-refractivity contribution is 0.0948. The van der Waals surface area contributed by atoms with Crippen LogP contribution in [0.25, 0.3) is 10.8 Å². The van der Waals surface area contributed by atoms with Crippen molar-refractivity contribution in [2.24, 2.45) is 5.92 Å². The average Bonchev–Trinajstić information content (AvgIpc) is 2.51. The number of benzene rings is 1. The summed E-state index contributed by atoms with van der Waals surface area (Å²) in [6.07, 6.45) is 6.02. The molecule has 0 atom stereocenters. The van der Waals surface area contributed by atoms with Crippen molar-refractivity contribution in [1.29, 1.82) is 0 Å². The Morgan fingerprint density at radius 2 is 2.09 bits per heavy atom. The van der Waals surface area contributed by atoms with Crippen LogP contribution in [-0.2, 0) is 6.54 Å². The maximum atomic E-state index is 12.8. The quantitative estimate of drug-likeness (QED) is 0.863. The van der Waals surface area contributed by atoms with Crippen molar-refractivity contribution in [3.8, 4) is 12.3 Å². The van der Waals surface area contributed by atoms with Gasteiger partial charge in [-0.2, -0.15) is 0 Å². The highest BCUT2D eigenvalue weighted by Crippen LogP contribution is 2.15. The Hall–Kier alpha value is -2.54. The highest BCUT2D eigenvalue weighted by atomic mass is 16.2. The molecule has 0 aliphatic rings. The zero-order chi connectivity index (χ0) is 17.0. The minimum absolute atomic E-state index is 0.127. The van der Waals surface area contributed by atoms with Crippen LogP contribution in [0.2, 0.25) is 0 Å². The number of carbonyl (C=O) groups excluding carboxylic acids is 1. The molecule has 23 heavy (non-hydrogen) atoms. The lowest BCUT2D eigenvalue weighted by Crippen LogP contribution is -2.33. The van der Waals surface area contributed by atoms with Crippen LogP contribution in [0.3, 0.4) is 0 Å². The zero-order valence-corrected chi connectivity index (χ0v) is 13.8. The van der Waals surface area contributed by atoms with Gasteiger partial charge in [-0.15, -0.1) is 6.42 Å². The van der Waals surface area contributed by atoms with Crippen molar-refractivity contribution in [2.75, 3.05) is 6.54 Å². The van der Waals surface area contributed by atoms with Gasteiger partial charge in [-0.25, -0.2) is 0 Å². The first-order chi connectivity index (χ1) is 10.9. The fourth-order valence-corrected chi connectivity index (χ4v) is 2.48. The molecule has 1 heterocycles. The second-order valence-corrected chi connectivity index (χ2v) is 6.15. The first kappa shape index (κ1) is 16.8. The third-order valence-electron chi connectivity index (χ3n) is 3.78. The van der Waals surface area contributed by atoms with E-state index in [2.05, 4.69) is 25.1 Å². The number of rotatable bonds is 5. The van der Waals surface area contributed by atoms with Gasteiger partial charge in [0.1, 0.15) is 5.69 Å². The van der Waals surface area contributed by atoms with Crippen molar-refractivity contribution in [1.82, 2.24) is 9.88 Å². The van der Waals surface area contributed by atoms with Crippen molar-refractivity contribution in [2.45, 2.75) is 33.7 Å². The molecule has 2 rings (SSSR count). The fourth-order valence-electron chi connectivity index (χ4n) is 2.48. The number of pyridine rings is 1. The van der Waals surface area contributed by atoms with Gasteiger partial charge in [-0.3, -0.25) is 9.59 Å². The Kier molecular flexibility index (Phi) is 5.23. The van der Waals surface area contributed by atoms with E-state index in [1.54, 1.807) is 10.6 Å². The second kappa shape index (κ2) is 7.15. The van der Waals surface area contributed by atoms with Crippen LogP contribution in [0.1, 0.15) is 36.3 Å². The molecule has 0 saturated carbocycles. The molecule has 0 bridgehead atoms. The van der Waals surface area contributed by atoms with Gasteiger partial charge in [0.2, 0.25) is 0 Å². The Balaban J connectivity index is 2.60. The molecule has 1 N–H and O–H groups in total. The number of amides is 1. The van der Waals surface area contributed by atoms with Gasteiger partial charge >= 0.3 is 0 Å². The summed E-state index contributed by atoms with van der Waals surface area (Å²) in [4.78, 5) is 25.2. The van der Waals surface area contributed by atoms with Crippen LogP contribution in [0, 0.1) is 25.2 Å². The molecule has 0 spiro atoms. The average molecular weight is 310 g/mol. The summed E-state index contributed by atoms with van der Waals surface area (Å²) in [6, 6.07) is 7.44. The molecule has 0 saturated heterocycles. The summed E-state index contributed by atoms with van der Waals surface area (Å²) in [5.41, 5.74) is 1.26. The highest BCUT2D eigenvalue weighted by molar-refractivity contribution is 5.96. The van der Waals surface area contributed by atoms with E-state index in [-0.39, 0.29) is 18.0 Å². The Labute approximate surface area is 136 Å². The topological polar surface area (TPSA) is 51.1 Å². The molecule has 1 aromatic carbocycles. The monoisotopic (exact) mass is 310 g/mol. The first-order valence-corrected chi connectivity index (χ1v) is 7.80. The molecule has 0 unspecified atom stereocenters. The SMILES string of the molecule is C#CCNC(=O)c1cc2ccc(C)cc2c(=O)n1CCC(C)C. The number of aryl methyl sites for hydroxylation is 1. The van der Waals surface area contributed by atoms with Gasteiger partial charge in [-0.05, 0) is 36.8 Å². The second-order valence-electron chi connectivity index (χ2n) is 6.15. The van der Waals surface area contributed by atoms with E-state index < -0.39 is 0 Å². The van der Waals surface area contributed by atoms with Gasteiger partial charge in [-0.1, -0.05) is 37.5 Å². The minimum Gasteiger partial charge on any atom is -0.340 e. The van der Waals surface area contributed by atoms with Gasteiger partial charge in [0, 0.05) is 11.9 Å². The van der Waals surface area contributed by atoms with E-state index in [0.29, 0.717) is 23.5 Å². The normalized spacial score (nSPS) is 10.7. The van der Waals surface area contributed by atoms with E-state index in [4.69, 9.17) is 6.42 Å². The van der Waals surface area contributed by atoms with Crippen LogP contribution >= 0.6 is 0 Å². The number of hydrogen-bond donors (Lipinski definition) is 1. The molecular weight excluding hydrogens is 288 g/mol. The maximum Gasteiger partial charge on any atom is 0.268 e. The predicted octanol–water partition coefficient (Wildman–Crippen LogP) is 2.72. The van der Waals surface area contributed by atoms with Gasteiger partial charge in [0.25, 0.3) is 11.5 Å². The number of terminal acetylenes is 1. The largest absolute Gasteiger partial charge is 0.340 e. The van der Waals surface area contributed by atoms with E-state index in [9.17, 15) is 9.59 Å². The lowest BCUT2D eigenvalue weighted by atomic mass is 10.1. The summed E-state index contributed by atoms with van der Waals surface area (Å²) in [5, 5.41) is 4.06. The molecule has 1 aromatic heterocycles. The number of fused-ring (bicyclic) bond motifs is 1. The number of aromatic nitrogens is 1. The smallest absolute Gasteiger partial charge is 0.268 e. The number of nitrogens with zero attached hydrogens (tertiary/aromatic N) is 1. The van der Waals surface area contributed by atoms with Gasteiger partial charge < -0.3 is 9.88 Å². The standard InChI is InChI=1S/C19H22N2O2/c1-5-9-20-18(22)17-12-15-7-6-14(4)11-16(15)19(23)21(17)10-8-13(2)3/h1,6-7,11-13H,8-10H2,2-4H3,(H,20,22). The minimum atomic E-state index is -0.314. The predicted molar refractivity (Wildman–Crippen MR) is 93.6 cm³/mol. The molecule has 120 valence electrons. The fraction of sp³-hybridized carbons (Fsp3) is 0.368. The van der Waals surface area contributed by atoms with Crippen molar-refractivity contribution in [3.63, 3.8) is 0 Å². The van der Waals surface area contributed by atoms with Crippen LogP contribution in [0.4, 0.5) is 0 Å². The summed E-state index contributed by atoms with van der Waals surface area (Å²) < 4.78 is 1.56. The molecule has 0 aliphatic carbocycles. The summed E-state index contributed by atoms with van der Waals surface area (Å²) in [6.45, 7) is 6.79. The maximum absolute atomic E-state index is 12.8. The molecule has 0 fully saturated rings. The van der Waals surface area contributed by atoms with E-state index >= 15 is 0 Å². The molecule has 1 amide bonds. The number of carbonyl (C=O) groups is 1. The van der Waals surface area contributed by atoms with Gasteiger partial charge in [0.05, 0.1) is 6.54 Å².